The predicted molar refractivity (Wildman–Crippen MR) is 64.3 cm³/mol. The normalized spacial score (nSPS) is 21.2. The number of carbonyl (C=O) groups excluding carboxylic acids is 2. The first-order valence-electron chi connectivity index (χ1n) is 5.59. The van der Waals surface area contributed by atoms with Gasteiger partial charge in [-0.05, 0) is 12.1 Å². The van der Waals surface area contributed by atoms with Crippen molar-refractivity contribution in [2.45, 2.75) is 4.90 Å². The van der Waals surface area contributed by atoms with E-state index in [2.05, 4.69) is 0 Å². The lowest BCUT2D eigenvalue weighted by molar-refractivity contribution is -0.125. The minimum atomic E-state index is -3.89. The van der Waals surface area contributed by atoms with Crippen molar-refractivity contribution in [1.82, 2.24) is 4.72 Å². The van der Waals surface area contributed by atoms with Crippen LogP contribution in [0.4, 0.5) is 5.69 Å². The van der Waals surface area contributed by atoms with Crippen LogP contribution in [0.5, 0.6) is 0 Å². The van der Waals surface area contributed by atoms with Crippen molar-refractivity contribution in [1.29, 1.82) is 0 Å². The zero-order valence-electron chi connectivity index (χ0n) is 9.75. The molecule has 2 aliphatic rings. The molecule has 2 aliphatic heterocycles. The number of rotatable bonds is 1. The summed E-state index contributed by atoms with van der Waals surface area (Å²) in [5, 5.41) is 0. The zero-order valence-corrected chi connectivity index (χ0v) is 10.6. The van der Waals surface area contributed by atoms with Gasteiger partial charge in [-0.25, -0.2) is 13.1 Å². The fraction of sp³-hybridized carbons (Fsp3) is 0.273. The molecule has 1 aromatic carbocycles. The lowest BCUT2D eigenvalue weighted by Crippen LogP contribution is -2.42. The van der Waals surface area contributed by atoms with Gasteiger partial charge >= 0.3 is 0 Å². The van der Waals surface area contributed by atoms with E-state index < -0.39 is 15.9 Å². The van der Waals surface area contributed by atoms with Crippen LogP contribution >= 0.6 is 0 Å². The number of benzene rings is 1. The lowest BCUT2D eigenvalue weighted by Gasteiger charge is -2.27. The van der Waals surface area contributed by atoms with E-state index in [0.29, 0.717) is 6.61 Å². The number of sulfonamides is 1. The molecular formula is C11H10N2O5S. The molecule has 2 heterocycles. The lowest BCUT2D eigenvalue weighted by atomic mass is 10.1. The summed E-state index contributed by atoms with van der Waals surface area (Å²) in [4.78, 5) is 24.6. The molecule has 1 N–H and O–H groups in total. The van der Waals surface area contributed by atoms with Crippen molar-refractivity contribution in [3.8, 4) is 0 Å². The number of nitrogens with zero attached hydrogens (tertiary/aromatic N) is 1. The van der Waals surface area contributed by atoms with E-state index >= 15 is 0 Å². The predicted octanol–water partition coefficient (Wildman–Crippen LogP) is -0.518. The van der Waals surface area contributed by atoms with Gasteiger partial charge < -0.3 is 9.64 Å². The number of hydrogen-bond acceptors (Lipinski definition) is 5. The van der Waals surface area contributed by atoms with Gasteiger partial charge in [-0.1, -0.05) is 6.07 Å². The van der Waals surface area contributed by atoms with Gasteiger partial charge in [0.2, 0.25) is 0 Å². The second kappa shape index (κ2) is 4.04. The SMILES string of the molecule is O=C1NS(=O)(=O)c2c1cccc2N1CCOCC1=O. The van der Waals surface area contributed by atoms with E-state index in [1.54, 1.807) is 6.07 Å². The zero-order chi connectivity index (χ0) is 13.6. The summed E-state index contributed by atoms with van der Waals surface area (Å²) in [6, 6.07) is 4.49. The van der Waals surface area contributed by atoms with Gasteiger partial charge in [-0.15, -0.1) is 0 Å². The maximum Gasteiger partial charge on any atom is 0.267 e. The van der Waals surface area contributed by atoms with Crippen molar-refractivity contribution < 1.29 is 22.7 Å². The summed E-state index contributed by atoms with van der Waals surface area (Å²) in [6.07, 6.45) is 0. The van der Waals surface area contributed by atoms with Crippen molar-refractivity contribution in [2.75, 3.05) is 24.7 Å². The molecule has 1 aromatic rings. The fourth-order valence-corrected chi connectivity index (χ4v) is 3.56. The van der Waals surface area contributed by atoms with Gasteiger partial charge in [0.15, 0.2) is 0 Å². The third-order valence-electron chi connectivity index (χ3n) is 3.01. The molecule has 1 fully saturated rings. The number of amides is 2. The van der Waals surface area contributed by atoms with Crippen molar-refractivity contribution >= 4 is 27.5 Å². The molecule has 0 unspecified atom stereocenters. The van der Waals surface area contributed by atoms with Crippen LogP contribution in [0.15, 0.2) is 23.1 Å². The van der Waals surface area contributed by atoms with Gasteiger partial charge in [0.1, 0.15) is 11.5 Å². The van der Waals surface area contributed by atoms with Crippen molar-refractivity contribution in [3.05, 3.63) is 23.8 Å². The Kier molecular flexibility index (Phi) is 2.58. The Bertz CT molecular complexity index is 682. The van der Waals surface area contributed by atoms with Crippen LogP contribution in [-0.2, 0) is 19.6 Å². The third kappa shape index (κ3) is 1.80. The Labute approximate surface area is 109 Å². The van der Waals surface area contributed by atoms with Crippen molar-refractivity contribution in [2.24, 2.45) is 0 Å². The van der Waals surface area contributed by atoms with Gasteiger partial charge in [-0.2, -0.15) is 0 Å². The molecule has 3 rings (SSSR count). The van der Waals surface area contributed by atoms with Crippen LogP contribution < -0.4 is 9.62 Å². The Morgan fingerprint density at radius 3 is 2.79 bits per heavy atom. The number of anilines is 1. The van der Waals surface area contributed by atoms with Gasteiger partial charge in [0.25, 0.3) is 21.8 Å². The van der Waals surface area contributed by atoms with Crippen LogP contribution in [0.1, 0.15) is 10.4 Å². The van der Waals surface area contributed by atoms with E-state index in [1.165, 1.54) is 17.0 Å². The Balaban J connectivity index is 2.19. The van der Waals surface area contributed by atoms with Crippen LogP contribution in [-0.4, -0.2) is 40.0 Å². The van der Waals surface area contributed by atoms with Gasteiger partial charge in [0, 0.05) is 6.54 Å². The highest BCUT2D eigenvalue weighted by atomic mass is 32.2. The second-order valence-electron chi connectivity index (χ2n) is 4.19. The van der Waals surface area contributed by atoms with Crippen LogP contribution in [0.3, 0.4) is 0 Å². The number of fused-ring (bicyclic) bond motifs is 1. The maximum atomic E-state index is 11.9. The average Bonchev–Trinajstić information content (AvgIpc) is 2.61. The third-order valence-corrected chi connectivity index (χ3v) is 4.43. The summed E-state index contributed by atoms with van der Waals surface area (Å²) in [7, 11) is -3.89. The standard InChI is InChI=1S/C11H10N2O5S/c14-9-6-18-5-4-13(9)8-3-1-2-7-10(8)19(16,17)12-11(7)15/h1-3H,4-6H2,(H,12,15). The van der Waals surface area contributed by atoms with Gasteiger partial charge in [-0.3, -0.25) is 9.59 Å². The highest BCUT2D eigenvalue weighted by Crippen LogP contribution is 2.33. The molecule has 0 saturated carbocycles. The molecule has 19 heavy (non-hydrogen) atoms. The molecule has 0 radical (unpaired) electrons. The molecule has 100 valence electrons. The Morgan fingerprint density at radius 1 is 1.26 bits per heavy atom. The van der Waals surface area contributed by atoms with E-state index in [1.807, 2.05) is 4.72 Å². The van der Waals surface area contributed by atoms with E-state index in [4.69, 9.17) is 4.74 Å². The van der Waals surface area contributed by atoms with Crippen molar-refractivity contribution in [3.63, 3.8) is 0 Å². The molecule has 8 heteroatoms. The molecule has 7 nitrogen and oxygen atoms in total. The summed E-state index contributed by atoms with van der Waals surface area (Å²) >= 11 is 0. The number of ether oxygens (including phenoxy) is 1. The molecule has 1 saturated heterocycles. The highest BCUT2D eigenvalue weighted by Gasteiger charge is 2.37. The van der Waals surface area contributed by atoms with E-state index in [-0.39, 0.29) is 35.2 Å². The fourth-order valence-electron chi connectivity index (χ4n) is 2.20. The summed E-state index contributed by atoms with van der Waals surface area (Å²) < 4.78 is 30.8. The summed E-state index contributed by atoms with van der Waals surface area (Å²) in [5.41, 5.74) is 0.293. The maximum absolute atomic E-state index is 11.9. The topological polar surface area (TPSA) is 92.8 Å². The Morgan fingerprint density at radius 2 is 2.05 bits per heavy atom. The first-order valence-corrected chi connectivity index (χ1v) is 7.07. The molecular weight excluding hydrogens is 272 g/mol. The summed E-state index contributed by atoms with van der Waals surface area (Å²) in [6.45, 7) is 0.501. The van der Waals surface area contributed by atoms with Crippen LogP contribution in [0, 0.1) is 0 Å². The van der Waals surface area contributed by atoms with E-state index in [0.717, 1.165) is 0 Å². The average molecular weight is 282 g/mol. The first kappa shape index (κ1) is 12.1. The molecule has 0 bridgehead atoms. The molecule has 0 aliphatic carbocycles. The number of carbonyl (C=O) groups is 2. The quantitative estimate of drug-likeness (QED) is 0.748. The minimum Gasteiger partial charge on any atom is -0.370 e. The van der Waals surface area contributed by atoms with Crippen LogP contribution in [0.2, 0.25) is 0 Å². The first-order chi connectivity index (χ1) is 9.00. The van der Waals surface area contributed by atoms with Gasteiger partial charge in [0.05, 0.1) is 17.9 Å². The number of nitrogens with one attached hydrogen (secondary N) is 1. The smallest absolute Gasteiger partial charge is 0.267 e. The number of hydrogen-bond donors (Lipinski definition) is 1. The molecule has 0 atom stereocenters. The van der Waals surface area contributed by atoms with Crippen LogP contribution in [0.25, 0.3) is 0 Å². The molecule has 2 amide bonds. The minimum absolute atomic E-state index is 0.0665. The van der Waals surface area contributed by atoms with E-state index in [9.17, 15) is 18.0 Å². The Hall–Kier alpha value is -1.93. The second-order valence-corrected chi connectivity index (χ2v) is 5.81. The number of morpholine rings is 1. The summed E-state index contributed by atoms with van der Waals surface area (Å²) in [5.74, 6) is -0.994. The molecule has 0 aromatic heterocycles. The highest BCUT2D eigenvalue weighted by molar-refractivity contribution is 7.90. The monoisotopic (exact) mass is 282 g/mol. The largest absolute Gasteiger partial charge is 0.370 e. The molecule has 0 spiro atoms.